The summed E-state index contributed by atoms with van der Waals surface area (Å²) >= 11 is 0. The molecule has 0 radical (unpaired) electrons. The Morgan fingerprint density at radius 2 is 1.62 bits per heavy atom. The molecule has 21 heavy (non-hydrogen) atoms. The molecule has 0 amide bonds. The van der Waals surface area contributed by atoms with E-state index >= 15 is 0 Å². The Bertz CT molecular complexity index is 287. The van der Waals surface area contributed by atoms with Crippen LogP contribution in [-0.4, -0.2) is 61.7 Å². The first kappa shape index (κ1) is 17.2. The van der Waals surface area contributed by atoms with E-state index in [0.29, 0.717) is 11.5 Å². The Morgan fingerprint density at radius 1 is 1.05 bits per heavy atom. The second kappa shape index (κ2) is 7.94. The lowest BCUT2D eigenvalue weighted by atomic mass is 9.70. The van der Waals surface area contributed by atoms with Crippen LogP contribution in [-0.2, 0) is 0 Å². The average molecular weight is 296 g/mol. The van der Waals surface area contributed by atoms with E-state index in [0.717, 1.165) is 5.92 Å². The first-order chi connectivity index (χ1) is 10.0. The molecule has 124 valence electrons. The molecule has 1 aliphatic carbocycles. The van der Waals surface area contributed by atoms with E-state index < -0.39 is 0 Å². The Labute approximate surface area is 132 Å². The van der Waals surface area contributed by atoms with Gasteiger partial charge in [-0.2, -0.15) is 0 Å². The van der Waals surface area contributed by atoms with Gasteiger partial charge >= 0.3 is 0 Å². The SMILES string of the molecule is CCN1CCN(CC2(CNC(C)C)CCC(C)CC2)CC1. The number of likely N-dealkylation sites (N-methyl/N-ethyl adjacent to an activating group) is 1. The lowest BCUT2D eigenvalue weighted by Gasteiger charge is -2.45. The summed E-state index contributed by atoms with van der Waals surface area (Å²) in [5, 5.41) is 3.74. The first-order valence-corrected chi connectivity index (χ1v) is 9.21. The van der Waals surface area contributed by atoms with Crippen molar-refractivity contribution in [2.24, 2.45) is 11.3 Å². The fourth-order valence-corrected chi connectivity index (χ4v) is 3.92. The zero-order valence-corrected chi connectivity index (χ0v) is 14.8. The van der Waals surface area contributed by atoms with Crippen molar-refractivity contribution >= 4 is 0 Å². The summed E-state index contributed by atoms with van der Waals surface area (Å²) in [4.78, 5) is 5.32. The molecule has 0 aromatic heterocycles. The number of nitrogens with zero attached hydrogens (tertiary/aromatic N) is 2. The molecule has 2 rings (SSSR count). The van der Waals surface area contributed by atoms with Crippen molar-refractivity contribution < 1.29 is 0 Å². The van der Waals surface area contributed by atoms with Crippen molar-refractivity contribution in [2.75, 3.05) is 45.8 Å². The number of rotatable bonds is 6. The maximum atomic E-state index is 3.74. The van der Waals surface area contributed by atoms with Gasteiger partial charge in [0.25, 0.3) is 0 Å². The fourth-order valence-electron chi connectivity index (χ4n) is 3.92. The molecular formula is C18H37N3. The molecule has 1 saturated heterocycles. The molecule has 3 nitrogen and oxygen atoms in total. The van der Waals surface area contributed by atoms with E-state index in [1.165, 1.54) is 71.5 Å². The van der Waals surface area contributed by atoms with Gasteiger partial charge in [-0.15, -0.1) is 0 Å². The molecule has 2 fully saturated rings. The Kier molecular flexibility index (Phi) is 6.51. The van der Waals surface area contributed by atoms with E-state index in [2.05, 4.69) is 42.8 Å². The lowest BCUT2D eigenvalue weighted by molar-refractivity contribution is 0.0535. The number of piperazine rings is 1. The van der Waals surface area contributed by atoms with Gasteiger partial charge in [0.15, 0.2) is 0 Å². The summed E-state index contributed by atoms with van der Waals surface area (Å²) in [5.74, 6) is 0.939. The minimum Gasteiger partial charge on any atom is -0.314 e. The Balaban J connectivity index is 1.89. The molecule has 0 atom stereocenters. The molecule has 3 heteroatoms. The van der Waals surface area contributed by atoms with E-state index in [9.17, 15) is 0 Å². The van der Waals surface area contributed by atoms with Crippen LogP contribution in [0.3, 0.4) is 0 Å². The third-order valence-corrected chi connectivity index (χ3v) is 5.69. The second-order valence-electron chi connectivity index (χ2n) is 7.93. The van der Waals surface area contributed by atoms with Crippen LogP contribution in [0.1, 0.15) is 53.4 Å². The molecule has 1 aliphatic heterocycles. The van der Waals surface area contributed by atoms with Gasteiger partial charge in [-0.25, -0.2) is 0 Å². The molecule has 1 saturated carbocycles. The van der Waals surface area contributed by atoms with Gasteiger partial charge in [-0.1, -0.05) is 40.5 Å². The van der Waals surface area contributed by atoms with Gasteiger partial charge in [0, 0.05) is 45.3 Å². The molecule has 1 heterocycles. The highest BCUT2D eigenvalue weighted by Crippen LogP contribution is 2.39. The predicted octanol–water partition coefficient (Wildman–Crippen LogP) is 2.82. The number of hydrogen-bond acceptors (Lipinski definition) is 3. The van der Waals surface area contributed by atoms with Crippen LogP contribution < -0.4 is 5.32 Å². The fraction of sp³-hybridized carbons (Fsp3) is 1.00. The molecule has 1 N–H and O–H groups in total. The highest BCUT2D eigenvalue weighted by molar-refractivity contribution is 4.90. The monoisotopic (exact) mass is 295 g/mol. The maximum absolute atomic E-state index is 3.74. The summed E-state index contributed by atoms with van der Waals surface area (Å²) in [6.45, 7) is 18.1. The van der Waals surface area contributed by atoms with E-state index in [1.54, 1.807) is 0 Å². The Hall–Kier alpha value is -0.120. The van der Waals surface area contributed by atoms with Gasteiger partial charge in [-0.05, 0) is 30.7 Å². The summed E-state index contributed by atoms with van der Waals surface area (Å²) in [7, 11) is 0. The van der Waals surface area contributed by atoms with Crippen LogP contribution in [0.15, 0.2) is 0 Å². The maximum Gasteiger partial charge on any atom is 0.0110 e. The van der Waals surface area contributed by atoms with Crippen LogP contribution in [0, 0.1) is 11.3 Å². The van der Waals surface area contributed by atoms with Gasteiger partial charge < -0.3 is 15.1 Å². The van der Waals surface area contributed by atoms with Crippen LogP contribution >= 0.6 is 0 Å². The highest BCUT2D eigenvalue weighted by Gasteiger charge is 2.36. The molecule has 0 unspecified atom stereocenters. The molecule has 0 aromatic rings. The van der Waals surface area contributed by atoms with Gasteiger partial charge in [-0.3, -0.25) is 0 Å². The minimum atomic E-state index is 0.533. The van der Waals surface area contributed by atoms with Crippen LogP contribution in [0.4, 0.5) is 0 Å². The molecule has 0 aromatic carbocycles. The van der Waals surface area contributed by atoms with Gasteiger partial charge in [0.05, 0.1) is 0 Å². The summed E-state index contributed by atoms with van der Waals surface area (Å²) in [6, 6.07) is 0.609. The normalized spacial score (nSPS) is 32.7. The quantitative estimate of drug-likeness (QED) is 0.813. The van der Waals surface area contributed by atoms with E-state index in [1.807, 2.05) is 0 Å². The zero-order valence-electron chi connectivity index (χ0n) is 14.8. The number of nitrogens with one attached hydrogen (secondary N) is 1. The third-order valence-electron chi connectivity index (χ3n) is 5.69. The summed E-state index contributed by atoms with van der Waals surface area (Å²) in [5.41, 5.74) is 0.533. The van der Waals surface area contributed by atoms with Gasteiger partial charge in [0.1, 0.15) is 0 Å². The van der Waals surface area contributed by atoms with E-state index in [4.69, 9.17) is 0 Å². The largest absolute Gasteiger partial charge is 0.314 e. The average Bonchev–Trinajstić information content (AvgIpc) is 2.49. The molecule has 0 bridgehead atoms. The molecule has 0 spiro atoms. The van der Waals surface area contributed by atoms with Crippen LogP contribution in [0.25, 0.3) is 0 Å². The van der Waals surface area contributed by atoms with Crippen LogP contribution in [0.5, 0.6) is 0 Å². The van der Waals surface area contributed by atoms with E-state index in [-0.39, 0.29) is 0 Å². The first-order valence-electron chi connectivity index (χ1n) is 9.21. The van der Waals surface area contributed by atoms with Gasteiger partial charge in [0.2, 0.25) is 0 Å². The lowest BCUT2D eigenvalue weighted by Crippen LogP contribution is -2.53. The standard InChI is InChI=1S/C18H37N3/c1-5-20-10-12-21(13-11-20)15-18(14-19-16(2)3)8-6-17(4)7-9-18/h16-17,19H,5-15H2,1-4H3. The summed E-state index contributed by atoms with van der Waals surface area (Å²) in [6.07, 6.45) is 5.69. The minimum absolute atomic E-state index is 0.533. The van der Waals surface area contributed by atoms with Crippen molar-refractivity contribution in [1.29, 1.82) is 0 Å². The highest BCUT2D eigenvalue weighted by atomic mass is 15.3. The predicted molar refractivity (Wildman–Crippen MR) is 91.8 cm³/mol. The molecular weight excluding hydrogens is 258 g/mol. The zero-order chi connectivity index (χ0) is 15.3. The molecule has 2 aliphatic rings. The Morgan fingerprint density at radius 3 is 2.14 bits per heavy atom. The topological polar surface area (TPSA) is 18.5 Å². The smallest absolute Gasteiger partial charge is 0.0110 e. The number of hydrogen-bond donors (Lipinski definition) is 1. The van der Waals surface area contributed by atoms with Crippen molar-refractivity contribution in [3.63, 3.8) is 0 Å². The van der Waals surface area contributed by atoms with Crippen molar-refractivity contribution in [3.05, 3.63) is 0 Å². The van der Waals surface area contributed by atoms with Crippen molar-refractivity contribution in [1.82, 2.24) is 15.1 Å². The van der Waals surface area contributed by atoms with Crippen molar-refractivity contribution in [3.8, 4) is 0 Å². The van der Waals surface area contributed by atoms with Crippen molar-refractivity contribution in [2.45, 2.75) is 59.4 Å². The third kappa shape index (κ3) is 5.22. The second-order valence-corrected chi connectivity index (χ2v) is 7.93. The van der Waals surface area contributed by atoms with Crippen LogP contribution in [0.2, 0.25) is 0 Å². The summed E-state index contributed by atoms with van der Waals surface area (Å²) < 4.78 is 0.